The van der Waals surface area contributed by atoms with Crippen molar-refractivity contribution in [3.05, 3.63) is 11.6 Å². The highest BCUT2D eigenvalue weighted by Crippen LogP contribution is 2.26. The highest BCUT2D eigenvalue weighted by Gasteiger charge is 2.36. The zero-order valence-corrected chi connectivity index (χ0v) is 9.10. The van der Waals surface area contributed by atoms with Crippen LogP contribution in [0.2, 0.25) is 0 Å². The molecule has 14 heavy (non-hydrogen) atoms. The number of hydrogen-bond donors (Lipinski definition) is 2. The first kappa shape index (κ1) is 11.2. The van der Waals surface area contributed by atoms with E-state index in [1.54, 1.807) is 0 Å². The van der Waals surface area contributed by atoms with E-state index in [0.29, 0.717) is 6.54 Å². The fourth-order valence-electron chi connectivity index (χ4n) is 1.76. The standard InChI is InChI=1S/C11H20N2O/c1-9(2)5-8-13-10(14)11(12)6-3-4-7-11/h5H,3-4,6-8,12H2,1-2H3,(H,13,14). The molecular formula is C11H20N2O. The van der Waals surface area contributed by atoms with Crippen molar-refractivity contribution in [2.75, 3.05) is 6.54 Å². The van der Waals surface area contributed by atoms with Crippen molar-refractivity contribution >= 4 is 5.91 Å². The average Bonchev–Trinajstić information content (AvgIpc) is 2.52. The lowest BCUT2D eigenvalue weighted by Gasteiger charge is -2.21. The minimum Gasteiger partial charge on any atom is -0.351 e. The summed E-state index contributed by atoms with van der Waals surface area (Å²) in [6, 6.07) is 0. The number of rotatable bonds is 3. The molecule has 1 saturated carbocycles. The second kappa shape index (κ2) is 4.60. The van der Waals surface area contributed by atoms with Gasteiger partial charge in [-0.1, -0.05) is 24.5 Å². The van der Waals surface area contributed by atoms with Crippen LogP contribution in [0.4, 0.5) is 0 Å². The summed E-state index contributed by atoms with van der Waals surface area (Å²) in [5, 5.41) is 2.86. The van der Waals surface area contributed by atoms with Crippen LogP contribution in [0.15, 0.2) is 11.6 Å². The molecule has 1 aliphatic carbocycles. The number of nitrogens with two attached hydrogens (primary N) is 1. The molecule has 0 unspecified atom stereocenters. The van der Waals surface area contributed by atoms with Gasteiger partial charge in [-0.25, -0.2) is 0 Å². The third-order valence-corrected chi connectivity index (χ3v) is 2.72. The van der Waals surface area contributed by atoms with E-state index in [-0.39, 0.29) is 5.91 Å². The third kappa shape index (κ3) is 2.84. The van der Waals surface area contributed by atoms with Gasteiger partial charge in [0.15, 0.2) is 0 Å². The fraction of sp³-hybridized carbons (Fsp3) is 0.727. The van der Waals surface area contributed by atoms with Crippen LogP contribution in [-0.2, 0) is 4.79 Å². The van der Waals surface area contributed by atoms with E-state index in [1.165, 1.54) is 5.57 Å². The maximum Gasteiger partial charge on any atom is 0.240 e. The number of amides is 1. The average molecular weight is 196 g/mol. The largest absolute Gasteiger partial charge is 0.351 e. The van der Waals surface area contributed by atoms with Gasteiger partial charge in [0.2, 0.25) is 5.91 Å². The summed E-state index contributed by atoms with van der Waals surface area (Å²) in [4.78, 5) is 11.7. The van der Waals surface area contributed by atoms with Crippen LogP contribution < -0.4 is 11.1 Å². The highest BCUT2D eigenvalue weighted by molar-refractivity contribution is 5.86. The topological polar surface area (TPSA) is 55.1 Å². The van der Waals surface area contributed by atoms with Crippen molar-refractivity contribution in [2.24, 2.45) is 5.73 Å². The Kier molecular flexibility index (Phi) is 3.69. The van der Waals surface area contributed by atoms with Gasteiger partial charge in [0, 0.05) is 6.54 Å². The Morgan fingerprint density at radius 3 is 2.50 bits per heavy atom. The SMILES string of the molecule is CC(C)=CCNC(=O)C1(N)CCCC1. The summed E-state index contributed by atoms with van der Waals surface area (Å²) in [6.45, 7) is 4.62. The molecule has 0 aromatic carbocycles. The van der Waals surface area contributed by atoms with Crippen molar-refractivity contribution in [3.63, 3.8) is 0 Å². The number of hydrogen-bond acceptors (Lipinski definition) is 2. The lowest BCUT2D eigenvalue weighted by Crippen LogP contribution is -2.51. The van der Waals surface area contributed by atoms with Gasteiger partial charge in [-0.3, -0.25) is 4.79 Å². The maximum atomic E-state index is 11.7. The van der Waals surface area contributed by atoms with Crippen LogP contribution in [0.5, 0.6) is 0 Å². The predicted molar refractivity (Wildman–Crippen MR) is 57.8 cm³/mol. The van der Waals surface area contributed by atoms with Crippen molar-refractivity contribution in [3.8, 4) is 0 Å². The van der Waals surface area contributed by atoms with E-state index in [0.717, 1.165) is 25.7 Å². The summed E-state index contributed by atoms with van der Waals surface area (Å²) in [5.41, 5.74) is 6.61. The lowest BCUT2D eigenvalue weighted by atomic mass is 9.98. The number of nitrogens with one attached hydrogen (secondary N) is 1. The number of carbonyl (C=O) groups is 1. The first-order valence-corrected chi connectivity index (χ1v) is 5.25. The third-order valence-electron chi connectivity index (χ3n) is 2.72. The molecule has 0 aromatic rings. The Morgan fingerprint density at radius 1 is 1.43 bits per heavy atom. The van der Waals surface area contributed by atoms with Crippen LogP contribution in [0, 0.1) is 0 Å². The predicted octanol–water partition coefficient (Wildman–Crippen LogP) is 1.34. The molecular weight excluding hydrogens is 176 g/mol. The van der Waals surface area contributed by atoms with E-state index in [4.69, 9.17) is 5.73 Å². The summed E-state index contributed by atoms with van der Waals surface area (Å²) in [6.07, 6.45) is 5.80. The molecule has 0 radical (unpaired) electrons. The summed E-state index contributed by atoms with van der Waals surface area (Å²) >= 11 is 0. The lowest BCUT2D eigenvalue weighted by molar-refractivity contribution is -0.125. The van der Waals surface area contributed by atoms with E-state index >= 15 is 0 Å². The molecule has 3 heteroatoms. The Bertz CT molecular complexity index is 236. The quantitative estimate of drug-likeness (QED) is 0.669. The molecule has 1 aliphatic rings. The first-order chi connectivity index (χ1) is 6.54. The molecule has 1 amide bonds. The van der Waals surface area contributed by atoms with E-state index in [2.05, 4.69) is 5.32 Å². The van der Waals surface area contributed by atoms with Gasteiger partial charge < -0.3 is 11.1 Å². The van der Waals surface area contributed by atoms with Gasteiger partial charge >= 0.3 is 0 Å². The molecule has 0 aliphatic heterocycles. The molecule has 80 valence electrons. The van der Waals surface area contributed by atoms with Crippen LogP contribution >= 0.6 is 0 Å². The van der Waals surface area contributed by atoms with Crippen molar-refractivity contribution in [2.45, 2.75) is 45.1 Å². The normalized spacial score (nSPS) is 19.1. The summed E-state index contributed by atoms with van der Waals surface area (Å²) in [5.74, 6) is 0.00694. The fourth-order valence-corrected chi connectivity index (χ4v) is 1.76. The molecule has 1 rings (SSSR count). The Labute approximate surface area is 85.7 Å². The molecule has 0 saturated heterocycles. The molecule has 0 bridgehead atoms. The summed E-state index contributed by atoms with van der Waals surface area (Å²) < 4.78 is 0. The minimum absolute atomic E-state index is 0.00694. The summed E-state index contributed by atoms with van der Waals surface area (Å²) in [7, 11) is 0. The number of allylic oxidation sites excluding steroid dienone is 1. The van der Waals surface area contributed by atoms with Crippen molar-refractivity contribution in [1.29, 1.82) is 0 Å². The first-order valence-electron chi connectivity index (χ1n) is 5.25. The van der Waals surface area contributed by atoms with Gasteiger partial charge in [-0.15, -0.1) is 0 Å². The monoisotopic (exact) mass is 196 g/mol. The minimum atomic E-state index is -0.588. The molecule has 0 atom stereocenters. The molecule has 3 N–H and O–H groups in total. The van der Waals surface area contributed by atoms with Gasteiger partial charge in [-0.2, -0.15) is 0 Å². The molecule has 0 aromatic heterocycles. The zero-order valence-electron chi connectivity index (χ0n) is 9.10. The Morgan fingerprint density at radius 2 is 2.00 bits per heavy atom. The van der Waals surface area contributed by atoms with Crippen LogP contribution in [-0.4, -0.2) is 18.0 Å². The second-order valence-electron chi connectivity index (χ2n) is 4.35. The van der Waals surface area contributed by atoms with E-state index < -0.39 is 5.54 Å². The van der Waals surface area contributed by atoms with Crippen LogP contribution in [0.3, 0.4) is 0 Å². The Balaban J connectivity index is 2.38. The molecule has 0 spiro atoms. The van der Waals surface area contributed by atoms with Crippen LogP contribution in [0.25, 0.3) is 0 Å². The zero-order chi connectivity index (χ0) is 10.6. The molecule has 1 fully saturated rings. The smallest absolute Gasteiger partial charge is 0.240 e. The van der Waals surface area contributed by atoms with Gasteiger partial charge in [0.25, 0.3) is 0 Å². The second-order valence-corrected chi connectivity index (χ2v) is 4.35. The van der Waals surface area contributed by atoms with Gasteiger partial charge in [0.05, 0.1) is 5.54 Å². The van der Waals surface area contributed by atoms with Gasteiger partial charge in [-0.05, 0) is 26.7 Å². The van der Waals surface area contributed by atoms with Crippen LogP contribution in [0.1, 0.15) is 39.5 Å². The molecule has 3 nitrogen and oxygen atoms in total. The van der Waals surface area contributed by atoms with E-state index in [1.807, 2.05) is 19.9 Å². The maximum absolute atomic E-state index is 11.7. The van der Waals surface area contributed by atoms with E-state index in [9.17, 15) is 4.79 Å². The number of carbonyl (C=O) groups excluding carboxylic acids is 1. The van der Waals surface area contributed by atoms with Gasteiger partial charge in [0.1, 0.15) is 0 Å². The van der Waals surface area contributed by atoms with Crippen molar-refractivity contribution in [1.82, 2.24) is 5.32 Å². The molecule has 0 heterocycles. The Hall–Kier alpha value is -0.830. The van der Waals surface area contributed by atoms with Crippen molar-refractivity contribution < 1.29 is 4.79 Å². The highest BCUT2D eigenvalue weighted by atomic mass is 16.2.